The standard InChI is InChI=1S/C21H29N3O3S2/c1-4-24(17-8-6-5-7-9-17)29(26,27)18-12-10-16(11-13-18)20(25)23-21-22-19(14-28-21)15(2)3/h10-15,17H,4-9H2,1-3H3,(H,22,23,25). The minimum Gasteiger partial charge on any atom is -0.298 e. The van der Waals surface area contributed by atoms with Crippen molar-refractivity contribution in [2.75, 3.05) is 11.9 Å². The van der Waals surface area contributed by atoms with Gasteiger partial charge in [-0.3, -0.25) is 10.1 Å². The van der Waals surface area contributed by atoms with Crippen LogP contribution in [0.25, 0.3) is 0 Å². The number of aromatic nitrogens is 1. The van der Waals surface area contributed by atoms with Crippen LogP contribution >= 0.6 is 11.3 Å². The van der Waals surface area contributed by atoms with Gasteiger partial charge in [0.25, 0.3) is 5.91 Å². The van der Waals surface area contributed by atoms with Crippen LogP contribution in [0, 0.1) is 0 Å². The van der Waals surface area contributed by atoms with Crippen LogP contribution in [-0.4, -0.2) is 36.2 Å². The van der Waals surface area contributed by atoms with Crippen molar-refractivity contribution in [2.45, 2.75) is 69.7 Å². The molecule has 0 spiro atoms. The summed E-state index contributed by atoms with van der Waals surface area (Å²) < 4.78 is 27.9. The van der Waals surface area contributed by atoms with E-state index in [0.29, 0.717) is 23.2 Å². The fraction of sp³-hybridized carbons (Fsp3) is 0.524. The molecule has 1 fully saturated rings. The largest absolute Gasteiger partial charge is 0.298 e. The molecule has 0 aliphatic heterocycles. The zero-order chi connectivity index (χ0) is 21.0. The highest BCUT2D eigenvalue weighted by molar-refractivity contribution is 7.89. The summed E-state index contributed by atoms with van der Waals surface area (Å²) in [5, 5.41) is 5.26. The number of hydrogen-bond donors (Lipinski definition) is 1. The molecule has 0 saturated heterocycles. The van der Waals surface area contributed by atoms with Crippen LogP contribution in [0.5, 0.6) is 0 Å². The van der Waals surface area contributed by atoms with E-state index < -0.39 is 10.0 Å². The van der Waals surface area contributed by atoms with E-state index in [1.165, 1.54) is 29.9 Å². The van der Waals surface area contributed by atoms with Crippen molar-refractivity contribution in [3.63, 3.8) is 0 Å². The first-order valence-corrected chi connectivity index (χ1v) is 12.5. The molecule has 1 heterocycles. The maximum Gasteiger partial charge on any atom is 0.257 e. The number of nitrogens with zero attached hydrogens (tertiary/aromatic N) is 2. The van der Waals surface area contributed by atoms with E-state index in [0.717, 1.165) is 31.4 Å². The molecular formula is C21H29N3O3S2. The summed E-state index contributed by atoms with van der Waals surface area (Å²) in [5.41, 5.74) is 1.35. The lowest BCUT2D eigenvalue weighted by atomic mass is 9.95. The molecular weight excluding hydrogens is 406 g/mol. The summed E-state index contributed by atoms with van der Waals surface area (Å²) in [5.74, 6) is 0.00491. The fourth-order valence-electron chi connectivity index (χ4n) is 3.69. The molecule has 6 nitrogen and oxygen atoms in total. The van der Waals surface area contributed by atoms with Crippen molar-refractivity contribution in [1.29, 1.82) is 0 Å². The molecule has 8 heteroatoms. The van der Waals surface area contributed by atoms with Crippen LogP contribution in [0.4, 0.5) is 5.13 Å². The van der Waals surface area contributed by atoms with Crippen molar-refractivity contribution >= 4 is 32.4 Å². The molecule has 3 rings (SSSR count). The average molecular weight is 436 g/mol. The molecule has 1 aromatic heterocycles. The summed E-state index contributed by atoms with van der Waals surface area (Å²) >= 11 is 1.39. The Morgan fingerprint density at radius 2 is 1.86 bits per heavy atom. The zero-order valence-corrected chi connectivity index (χ0v) is 18.9. The molecule has 0 atom stereocenters. The van der Waals surface area contributed by atoms with Gasteiger partial charge in [0.05, 0.1) is 10.6 Å². The topological polar surface area (TPSA) is 79.4 Å². The van der Waals surface area contributed by atoms with Gasteiger partial charge in [-0.2, -0.15) is 4.31 Å². The lowest BCUT2D eigenvalue weighted by Crippen LogP contribution is -2.41. The summed E-state index contributed by atoms with van der Waals surface area (Å²) in [4.78, 5) is 17.1. The first-order chi connectivity index (χ1) is 13.8. The summed E-state index contributed by atoms with van der Waals surface area (Å²) in [6.45, 7) is 6.43. The van der Waals surface area contributed by atoms with E-state index >= 15 is 0 Å². The number of amides is 1. The molecule has 2 aromatic rings. The van der Waals surface area contributed by atoms with Gasteiger partial charge < -0.3 is 0 Å². The Labute approximate surface area is 177 Å². The first kappa shape index (κ1) is 21.9. The van der Waals surface area contributed by atoms with Crippen LogP contribution in [0.1, 0.15) is 74.8 Å². The maximum atomic E-state index is 13.1. The van der Waals surface area contributed by atoms with E-state index in [1.807, 2.05) is 26.2 Å². The van der Waals surface area contributed by atoms with Crippen molar-refractivity contribution in [3.05, 3.63) is 40.9 Å². The SMILES string of the molecule is CCN(C1CCCCC1)S(=O)(=O)c1ccc(C(=O)Nc2nc(C(C)C)cs2)cc1. The lowest BCUT2D eigenvalue weighted by Gasteiger charge is -2.32. The Balaban J connectivity index is 1.73. The second-order valence-electron chi connectivity index (χ2n) is 7.71. The van der Waals surface area contributed by atoms with Gasteiger partial charge in [0, 0.05) is 23.5 Å². The van der Waals surface area contributed by atoms with E-state index in [1.54, 1.807) is 16.4 Å². The number of thiazole rings is 1. The minimum atomic E-state index is -3.57. The van der Waals surface area contributed by atoms with Gasteiger partial charge in [-0.25, -0.2) is 13.4 Å². The molecule has 0 bridgehead atoms. The highest BCUT2D eigenvalue weighted by Gasteiger charge is 2.31. The monoisotopic (exact) mass is 435 g/mol. The number of sulfonamides is 1. The fourth-order valence-corrected chi connectivity index (χ4v) is 6.25. The number of nitrogens with one attached hydrogen (secondary N) is 1. The van der Waals surface area contributed by atoms with Crippen LogP contribution in [-0.2, 0) is 10.0 Å². The number of rotatable bonds is 7. The van der Waals surface area contributed by atoms with E-state index in [-0.39, 0.29) is 16.8 Å². The van der Waals surface area contributed by atoms with E-state index in [2.05, 4.69) is 10.3 Å². The second kappa shape index (κ2) is 9.36. The summed E-state index contributed by atoms with van der Waals surface area (Å²) in [7, 11) is -3.57. The molecule has 0 unspecified atom stereocenters. The number of anilines is 1. The smallest absolute Gasteiger partial charge is 0.257 e. The Bertz CT molecular complexity index is 930. The molecule has 158 valence electrons. The second-order valence-corrected chi connectivity index (χ2v) is 10.5. The zero-order valence-electron chi connectivity index (χ0n) is 17.2. The van der Waals surface area contributed by atoms with Crippen LogP contribution < -0.4 is 5.32 Å². The van der Waals surface area contributed by atoms with Gasteiger partial charge in [0.15, 0.2) is 5.13 Å². The first-order valence-electron chi connectivity index (χ1n) is 10.2. The van der Waals surface area contributed by atoms with Gasteiger partial charge in [0.1, 0.15) is 0 Å². The molecule has 1 amide bonds. The van der Waals surface area contributed by atoms with Crippen molar-refractivity contribution < 1.29 is 13.2 Å². The van der Waals surface area contributed by atoms with Crippen LogP contribution in [0.15, 0.2) is 34.5 Å². The van der Waals surface area contributed by atoms with Crippen LogP contribution in [0.3, 0.4) is 0 Å². The van der Waals surface area contributed by atoms with Gasteiger partial charge in [-0.1, -0.05) is 40.0 Å². The number of hydrogen-bond acceptors (Lipinski definition) is 5. The van der Waals surface area contributed by atoms with Gasteiger partial charge in [-0.15, -0.1) is 11.3 Å². The minimum absolute atomic E-state index is 0.0711. The third kappa shape index (κ3) is 5.05. The molecule has 1 N–H and O–H groups in total. The lowest BCUT2D eigenvalue weighted by molar-refractivity contribution is 0.102. The van der Waals surface area contributed by atoms with Gasteiger partial charge in [0.2, 0.25) is 10.0 Å². The van der Waals surface area contributed by atoms with Crippen LogP contribution in [0.2, 0.25) is 0 Å². The Hall–Kier alpha value is -1.77. The molecule has 1 aromatic carbocycles. The predicted molar refractivity (Wildman–Crippen MR) is 117 cm³/mol. The highest BCUT2D eigenvalue weighted by Crippen LogP contribution is 2.28. The molecule has 29 heavy (non-hydrogen) atoms. The third-order valence-electron chi connectivity index (χ3n) is 5.35. The quantitative estimate of drug-likeness (QED) is 0.673. The van der Waals surface area contributed by atoms with Gasteiger partial charge in [-0.05, 0) is 43.0 Å². The van der Waals surface area contributed by atoms with Gasteiger partial charge >= 0.3 is 0 Å². The summed E-state index contributed by atoms with van der Waals surface area (Å²) in [6, 6.07) is 6.25. The number of carbonyl (C=O) groups is 1. The Morgan fingerprint density at radius 1 is 1.21 bits per heavy atom. The van der Waals surface area contributed by atoms with E-state index in [4.69, 9.17) is 0 Å². The Kier molecular flexibility index (Phi) is 7.08. The highest BCUT2D eigenvalue weighted by atomic mass is 32.2. The van der Waals surface area contributed by atoms with Crippen molar-refractivity contribution in [2.24, 2.45) is 0 Å². The molecule has 1 saturated carbocycles. The average Bonchev–Trinajstić information content (AvgIpc) is 3.18. The third-order valence-corrected chi connectivity index (χ3v) is 8.17. The number of carbonyl (C=O) groups excluding carboxylic acids is 1. The molecule has 0 radical (unpaired) electrons. The predicted octanol–water partition coefficient (Wildman–Crippen LogP) is 4.86. The normalized spacial score (nSPS) is 15.8. The summed E-state index contributed by atoms with van der Waals surface area (Å²) in [6.07, 6.45) is 5.16. The van der Waals surface area contributed by atoms with Crippen molar-refractivity contribution in [3.8, 4) is 0 Å². The molecule has 1 aliphatic carbocycles. The molecule has 1 aliphatic rings. The van der Waals surface area contributed by atoms with E-state index in [9.17, 15) is 13.2 Å². The van der Waals surface area contributed by atoms with Crippen molar-refractivity contribution in [1.82, 2.24) is 9.29 Å². The Morgan fingerprint density at radius 3 is 2.41 bits per heavy atom. The maximum absolute atomic E-state index is 13.1. The number of benzene rings is 1.